The maximum absolute atomic E-state index is 15.0. The average Bonchev–Trinajstić information content (AvgIpc) is 2.76. The highest BCUT2D eigenvalue weighted by Crippen LogP contribution is 2.34. The molecule has 0 heterocycles. The second kappa shape index (κ2) is 8.90. The van der Waals surface area contributed by atoms with Crippen molar-refractivity contribution in [1.82, 2.24) is 0 Å². The van der Waals surface area contributed by atoms with Gasteiger partial charge in [0.25, 0.3) is 0 Å². The van der Waals surface area contributed by atoms with Gasteiger partial charge in [0.2, 0.25) is 0 Å². The minimum absolute atomic E-state index is 0.0309. The summed E-state index contributed by atoms with van der Waals surface area (Å²) in [5.74, 6) is 0.761. The average molecular weight is 468 g/mol. The Balaban J connectivity index is 1.74. The minimum Gasteiger partial charge on any atom is -0.206 e. The smallest absolute Gasteiger partial charge is 0.206 e. The third-order valence-electron chi connectivity index (χ3n) is 5.54. The van der Waals surface area contributed by atoms with Gasteiger partial charge in [-0.1, -0.05) is 54.7 Å². The Hall–Kier alpha value is -3.72. The Morgan fingerprint density at radius 3 is 2.00 bits per heavy atom. The largest absolute Gasteiger partial charge is 0.422 e. The first kappa shape index (κ1) is 23.4. The van der Waals surface area contributed by atoms with Crippen molar-refractivity contribution in [3.8, 4) is 23.0 Å². The molecule has 0 aliphatic rings. The zero-order chi connectivity index (χ0) is 24.6. The van der Waals surface area contributed by atoms with E-state index in [1.54, 1.807) is 6.07 Å². The van der Waals surface area contributed by atoms with Crippen LogP contribution < -0.4 is 0 Å². The molecule has 0 saturated heterocycles. The SMILES string of the molecule is CCc1cc(-c2ccc3cc(C)ccc3c2)cc(F)c1C#Cc1cc(F)c(C(F)(F)F)c(F)c1. The van der Waals surface area contributed by atoms with Crippen LogP contribution >= 0.6 is 0 Å². The second-order valence-corrected chi connectivity index (χ2v) is 7.97. The van der Waals surface area contributed by atoms with Gasteiger partial charge in [-0.15, -0.1) is 0 Å². The molecule has 0 atom stereocenters. The Morgan fingerprint density at radius 2 is 1.35 bits per heavy atom. The predicted octanol–water partition coefficient (Wildman–Crippen LogP) is 8.21. The van der Waals surface area contributed by atoms with Gasteiger partial charge in [0.1, 0.15) is 23.0 Å². The molecule has 0 aliphatic heterocycles. The zero-order valence-corrected chi connectivity index (χ0v) is 18.2. The number of benzene rings is 4. The molecule has 0 unspecified atom stereocenters. The molecule has 0 amide bonds. The molecule has 6 heteroatoms. The number of halogens is 6. The van der Waals surface area contributed by atoms with Gasteiger partial charge in [-0.3, -0.25) is 0 Å². The quantitative estimate of drug-likeness (QED) is 0.205. The lowest BCUT2D eigenvalue weighted by atomic mass is 9.95. The van der Waals surface area contributed by atoms with E-state index >= 15 is 4.39 Å². The lowest BCUT2D eigenvalue weighted by Crippen LogP contribution is -2.11. The van der Waals surface area contributed by atoms with E-state index in [1.165, 1.54) is 6.07 Å². The Kier molecular flexibility index (Phi) is 6.14. The van der Waals surface area contributed by atoms with Crippen LogP contribution in [0.1, 0.15) is 34.7 Å². The van der Waals surface area contributed by atoms with Gasteiger partial charge in [0, 0.05) is 5.56 Å². The van der Waals surface area contributed by atoms with E-state index in [9.17, 15) is 22.0 Å². The molecule has 0 aromatic heterocycles. The monoisotopic (exact) mass is 468 g/mol. The Bertz CT molecular complexity index is 1450. The normalized spacial score (nSPS) is 11.4. The van der Waals surface area contributed by atoms with E-state index in [0.717, 1.165) is 21.9 Å². The molecule has 0 saturated carbocycles. The minimum atomic E-state index is -5.17. The van der Waals surface area contributed by atoms with Crippen LogP contribution in [0.2, 0.25) is 0 Å². The first-order valence-electron chi connectivity index (χ1n) is 10.5. The fourth-order valence-corrected chi connectivity index (χ4v) is 3.84. The number of hydrogen-bond acceptors (Lipinski definition) is 0. The summed E-state index contributed by atoms with van der Waals surface area (Å²) >= 11 is 0. The van der Waals surface area contributed by atoms with Gasteiger partial charge in [0.15, 0.2) is 0 Å². The third kappa shape index (κ3) is 4.65. The Labute approximate surface area is 192 Å². The molecule has 0 spiro atoms. The van der Waals surface area contributed by atoms with Crippen LogP contribution in [-0.2, 0) is 12.6 Å². The molecule has 4 aromatic carbocycles. The molecule has 0 fully saturated rings. The van der Waals surface area contributed by atoms with Crippen LogP contribution in [0.4, 0.5) is 26.3 Å². The summed E-state index contributed by atoms with van der Waals surface area (Å²) < 4.78 is 81.0. The maximum atomic E-state index is 15.0. The van der Waals surface area contributed by atoms with Crippen LogP contribution in [-0.4, -0.2) is 0 Å². The van der Waals surface area contributed by atoms with E-state index < -0.39 is 29.2 Å². The summed E-state index contributed by atoms with van der Waals surface area (Å²) in [6.45, 7) is 3.81. The van der Waals surface area contributed by atoms with Crippen molar-refractivity contribution < 1.29 is 26.3 Å². The summed E-state index contributed by atoms with van der Waals surface area (Å²) in [5.41, 5.74) is 0.898. The predicted molar refractivity (Wildman–Crippen MR) is 121 cm³/mol. The highest BCUT2D eigenvalue weighted by Gasteiger charge is 2.37. The van der Waals surface area contributed by atoms with E-state index in [1.807, 2.05) is 44.2 Å². The number of rotatable bonds is 2. The lowest BCUT2D eigenvalue weighted by Gasteiger charge is -2.10. The third-order valence-corrected chi connectivity index (χ3v) is 5.54. The Morgan fingerprint density at radius 1 is 0.706 bits per heavy atom. The summed E-state index contributed by atoms with van der Waals surface area (Å²) in [6, 6.07) is 16.0. The van der Waals surface area contributed by atoms with Gasteiger partial charge < -0.3 is 0 Å². The molecular weight excluding hydrogens is 450 g/mol. The van der Waals surface area contributed by atoms with Gasteiger partial charge in [-0.25, -0.2) is 13.2 Å². The molecule has 34 heavy (non-hydrogen) atoms. The topological polar surface area (TPSA) is 0 Å². The highest BCUT2D eigenvalue weighted by atomic mass is 19.4. The molecule has 172 valence electrons. The molecule has 0 N–H and O–H groups in total. The van der Waals surface area contributed by atoms with Gasteiger partial charge >= 0.3 is 6.18 Å². The summed E-state index contributed by atoms with van der Waals surface area (Å²) in [5, 5.41) is 2.08. The van der Waals surface area contributed by atoms with Crippen LogP contribution in [0.15, 0.2) is 60.7 Å². The van der Waals surface area contributed by atoms with E-state index in [4.69, 9.17) is 0 Å². The van der Waals surface area contributed by atoms with E-state index in [0.29, 0.717) is 29.7 Å². The summed E-state index contributed by atoms with van der Waals surface area (Å²) in [6.07, 6.45) is -4.74. The fourth-order valence-electron chi connectivity index (χ4n) is 3.84. The summed E-state index contributed by atoms with van der Waals surface area (Å²) in [4.78, 5) is 0. The standard InChI is InChI=1S/C28H18F6/c1-3-18-13-22(21-8-7-19-10-16(2)4-6-20(19)14-21)15-24(29)23(18)9-5-17-11-25(30)27(26(31)12-17)28(32,33)34/h4,6-8,10-15H,3H2,1-2H3. The fraction of sp³-hybridized carbons (Fsp3) is 0.143. The van der Waals surface area contributed by atoms with Crippen LogP contribution in [0, 0.1) is 36.2 Å². The molecule has 0 radical (unpaired) electrons. The van der Waals surface area contributed by atoms with Gasteiger partial charge in [-0.05, 0) is 71.1 Å². The molecule has 0 bridgehead atoms. The molecule has 4 rings (SSSR count). The van der Waals surface area contributed by atoms with Gasteiger partial charge in [0.05, 0.1) is 5.56 Å². The first-order chi connectivity index (χ1) is 16.1. The van der Waals surface area contributed by atoms with Crippen LogP contribution in [0.3, 0.4) is 0 Å². The van der Waals surface area contributed by atoms with Crippen molar-refractivity contribution in [3.63, 3.8) is 0 Å². The molecule has 0 nitrogen and oxygen atoms in total. The number of hydrogen-bond donors (Lipinski definition) is 0. The zero-order valence-electron chi connectivity index (χ0n) is 18.2. The van der Waals surface area contributed by atoms with Crippen molar-refractivity contribution in [2.75, 3.05) is 0 Å². The highest BCUT2D eigenvalue weighted by molar-refractivity contribution is 5.88. The molecule has 4 aromatic rings. The van der Waals surface area contributed by atoms with Gasteiger partial charge in [-0.2, -0.15) is 13.2 Å². The number of aryl methyl sites for hydroxylation is 2. The van der Waals surface area contributed by atoms with Crippen molar-refractivity contribution >= 4 is 10.8 Å². The van der Waals surface area contributed by atoms with Crippen molar-refractivity contribution in [2.45, 2.75) is 26.4 Å². The van der Waals surface area contributed by atoms with Crippen LogP contribution in [0.5, 0.6) is 0 Å². The number of alkyl halides is 3. The first-order valence-corrected chi connectivity index (χ1v) is 10.5. The molecule has 0 aliphatic carbocycles. The summed E-state index contributed by atoms with van der Waals surface area (Å²) in [7, 11) is 0. The molecular formula is C28H18F6. The van der Waals surface area contributed by atoms with Crippen molar-refractivity contribution in [3.05, 3.63) is 106 Å². The van der Waals surface area contributed by atoms with Crippen molar-refractivity contribution in [1.29, 1.82) is 0 Å². The van der Waals surface area contributed by atoms with Crippen LogP contribution in [0.25, 0.3) is 21.9 Å². The number of fused-ring (bicyclic) bond motifs is 1. The van der Waals surface area contributed by atoms with E-state index in [2.05, 4.69) is 17.9 Å². The van der Waals surface area contributed by atoms with Crippen molar-refractivity contribution in [2.24, 2.45) is 0 Å². The second-order valence-electron chi connectivity index (χ2n) is 7.97. The maximum Gasteiger partial charge on any atom is 0.422 e. The lowest BCUT2D eigenvalue weighted by molar-refractivity contribution is -0.142. The van der Waals surface area contributed by atoms with E-state index in [-0.39, 0.29) is 11.1 Å².